The van der Waals surface area contributed by atoms with Crippen molar-refractivity contribution in [1.29, 1.82) is 0 Å². The van der Waals surface area contributed by atoms with Gasteiger partial charge in [-0.05, 0) is 22.0 Å². The van der Waals surface area contributed by atoms with Crippen LogP contribution in [0.1, 0.15) is 5.56 Å². The second-order valence-corrected chi connectivity index (χ2v) is 4.94. The molecule has 0 aliphatic rings. The molecule has 2 aromatic rings. The first kappa shape index (κ1) is 15.9. The third-order valence-electron chi connectivity index (χ3n) is 2.74. The summed E-state index contributed by atoms with van der Waals surface area (Å²) in [5.41, 5.74) is -0.886. The maximum Gasteiger partial charge on any atom is 0.490 e. The monoisotopic (exact) mass is 364 g/mol. The zero-order valence-electron chi connectivity index (χ0n) is 10.6. The number of halogens is 4. The van der Waals surface area contributed by atoms with Gasteiger partial charge in [0.05, 0.1) is 29.0 Å². The van der Waals surface area contributed by atoms with Gasteiger partial charge in [0.2, 0.25) is 0 Å². The number of methoxy groups -OCH3 is 1. The Morgan fingerprint density at radius 1 is 1.33 bits per heavy atom. The lowest BCUT2D eigenvalue weighted by molar-refractivity contribution is -0.137. The van der Waals surface area contributed by atoms with Crippen LogP contribution in [0.25, 0.3) is 5.69 Å². The molecule has 0 bridgehead atoms. The molecule has 0 atom stereocenters. The summed E-state index contributed by atoms with van der Waals surface area (Å²) in [6.07, 6.45) is -3.12. The molecule has 0 unspecified atom stereocenters. The zero-order valence-corrected chi connectivity index (χ0v) is 12.2. The minimum Gasteiger partial charge on any atom is -0.495 e. The molecule has 112 valence electrons. The second kappa shape index (κ2) is 5.70. The molecular weight excluding hydrogens is 356 g/mol. The minimum atomic E-state index is -4.53. The smallest absolute Gasteiger partial charge is 0.490 e. The van der Waals surface area contributed by atoms with Crippen molar-refractivity contribution in [2.75, 3.05) is 7.11 Å². The second-order valence-electron chi connectivity index (χ2n) is 4.09. The van der Waals surface area contributed by atoms with E-state index in [2.05, 4.69) is 21.0 Å². The Morgan fingerprint density at radius 3 is 2.48 bits per heavy atom. The first-order valence-electron chi connectivity index (χ1n) is 5.60. The summed E-state index contributed by atoms with van der Waals surface area (Å²) in [5.74, 6) is 0.318. The molecule has 2 rings (SSSR count). The molecule has 0 aliphatic carbocycles. The average molecular weight is 365 g/mol. The van der Waals surface area contributed by atoms with E-state index in [9.17, 15) is 23.2 Å². The number of nitrogens with zero attached hydrogens (tertiary/aromatic N) is 2. The van der Waals surface area contributed by atoms with E-state index in [1.807, 2.05) is 0 Å². The van der Waals surface area contributed by atoms with Gasteiger partial charge in [0.25, 0.3) is 0 Å². The number of alkyl halides is 3. The average Bonchev–Trinajstić information content (AvgIpc) is 2.87. The van der Waals surface area contributed by atoms with Gasteiger partial charge in [-0.25, -0.2) is 4.68 Å². The van der Waals surface area contributed by atoms with Crippen molar-refractivity contribution in [1.82, 2.24) is 9.78 Å². The van der Waals surface area contributed by atoms with Crippen LogP contribution in [0.4, 0.5) is 13.2 Å². The topological polar surface area (TPSA) is 67.5 Å². The molecule has 1 aromatic carbocycles. The quantitative estimate of drug-likeness (QED) is 0.806. The highest BCUT2D eigenvalue weighted by molar-refractivity contribution is 9.10. The Labute approximate surface area is 126 Å². The number of aromatic nitrogens is 2. The van der Waals surface area contributed by atoms with Crippen LogP contribution in [0.3, 0.4) is 0 Å². The highest BCUT2D eigenvalue weighted by atomic mass is 79.9. The number of rotatable bonds is 3. The van der Waals surface area contributed by atoms with Gasteiger partial charge in [0, 0.05) is 17.7 Å². The van der Waals surface area contributed by atoms with Gasteiger partial charge in [-0.2, -0.15) is 18.3 Å². The Bertz CT molecular complexity index is 661. The summed E-state index contributed by atoms with van der Waals surface area (Å²) >= 11 is 3.16. The van der Waals surface area contributed by atoms with Crippen LogP contribution >= 0.6 is 15.9 Å². The van der Waals surface area contributed by atoms with Gasteiger partial charge in [-0.3, -0.25) is 0 Å². The largest absolute Gasteiger partial charge is 0.495 e. The highest BCUT2D eigenvalue weighted by Gasteiger charge is 2.33. The summed E-state index contributed by atoms with van der Waals surface area (Å²) in [5, 5.41) is 22.3. The van der Waals surface area contributed by atoms with Crippen LogP contribution in [-0.4, -0.2) is 34.1 Å². The van der Waals surface area contributed by atoms with E-state index in [-0.39, 0.29) is 11.2 Å². The molecule has 1 aromatic heterocycles. The molecule has 1 heterocycles. The molecule has 21 heavy (non-hydrogen) atoms. The highest BCUT2D eigenvalue weighted by Crippen LogP contribution is 2.30. The van der Waals surface area contributed by atoms with Crippen molar-refractivity contribution < 1.29 is 28.0 Å². The van der Waals surface area contributed by atoms with E-state index in [4.69, 9.17) is 4.74 Å². The van der Waals surface area contributed by atoms with Crippen molar-refractivity contribution in [3.63, 3.8) is 0 Å². The van der Waals surface area contributed by atoms with Crippen LogP contribution in [0.2, 0.25) is 0 Å². The van der Waals surface area contributed by atoms with Gasteiger partial charge in [0.15, 0.2) is 0 Å². The zero-order chi connectivity index (χ0) is 15.8. The molecule has 0 spiro atoms. The predicted octanol–water partition coefficient (Wildman–Crippen LogP) is 1.34. The first-order valence-corrected chi connectivity index (χ1v) is 6.39. The SMILES string of the molecule is COc1cc(-n2cc(C(F)(F)F)cn2)c(B(O)O)cc1Br. The van der Waals surface area contributed by atoms with Crippen molar-refractivity contribution in [2.45, 2.75) is 6.18 Å². The van der Waals surface area contributed by atoms with Crippen LogP contribution < -0.4 is 10.2 Å². The van der Waals surface area contributed by atoms with Crippen molar-refractivity contribution in [2.24, 2.45) is 0 Å². The van der Waals surface area contributed by atoms with E-state index < -0.39 is 18.9 Å². The molecule has 2 N–H and O–H groups in total. The lowest BCUT2D eigenvalue weighted by Crippen LogP contribution is -2.33. The van der Waals surface area contributed by atoms with Gasteiger partial charge in [-0.15, -0.1) is 0 Å². The van der Waals surface area contributed by atoms with Crippen LogP contribution in [0.5, 0.6) is 5.75 Å². The van der Waals surface area contributed by atoms with Gasteiger partial charge in [0.1, 0.15) is 5.75 Å². The Hall–Kier alpha value is -1.52. The predicted molar refractivity (Wildman–Crippen MR) is 72.6 cm³/mol. The van der Waals surface area contributed by atoms with Crippen LogP contribution in [0.15, 0.2) is 29.0 Å². The number of hydrogen-bond acceptors (Lipinski definition) is 4. The number of benzene rings is 1. The summed E-state index contributed by atoms with van der Waals surface area (Å²) in [6, 6.07) is 2.69. The molecule has 0 radical (unpaired) electrons. The number of ether oxygens (including phenoxy) is 1. The molecule has 0 saturated heterocycles. The van der Waals surface area contributed by atoms with E-state index in [1.165, 1.54) is 19.2 Å². The molecule has 5 nitrogen and oxygen atoms in total. The van der Waals surface area contributed by atoms with Crippen LogP contribution in [-0.2, 0) is 6.18 Å². The lowest BCUT2D eigenvalue weighted by atomic mass is 9.79. The van der Waals surface area contributed by atoms with Gasteiger partial charge >= 0.3 is 13.3 Å². The Kier molecular flexibility index (Phi) is 4.31. The van der Waals surface area contributed by atoms with Crippen molar-refractivity contribution in [3.05, 3.63) is 34.6 Å². The normalized spacial score (nSPS) is 11.6. The third-order valence-corrected chi connectivity index (χ3v) is 3.36. The standard InChI is InChI=1S/C11H9BBrF3N2O3/c1-21-10-3-9(7(12(19)20)2-8(10)13)18-5-6(4-17-18)11(14,15)16/h2-5,19-20H,1H3. The maximum absolute atomic E-state index is 12.6. The first-order chi connectivity index (χ1) is 9.74. The minimum absolute atomic E-state index is 0.0144. The van der Waals surface area contributed by atoms with Crippen molar-refractivity contribution >= 4 is 28.5 Å². The molecule has 0 aliphatic heterocycles. The van der Waals surface area contributed by atoms with Crippen molar-refractivity contribution in [3.8, 4) is 11.4 Å². The lowest BCUT2D eigenvalue weighted by Gasteiger charge is -2.12. The van der Waals surface area contributed by atoms with Crippen LogP contribution in [0, 0.1) is 0 Å². The summed E-state index contributed by atoms with van der Waals surface area (Å²) in [4.78, 5) is 0. The Balaban J connectivity index is 2.59. The molecule has 0 saturated carbocycles. The summed E-state index contributed by atoms with van der Waals surface area (Å²) in [6.45, 7) is 0. The van der Waals surface area contributed by atoms with E-state index in [1.54, 1.807) is 0 Å². The summed E-state index contributed by atoms with van der Waals surface area (Å²) < 4.78 is 44.2. The van der Waals surface area contributed by atoms with E-state index in [0.717, 1.165) is 10.9 Å². The fraction of sp³-hybridized carbons (Fsp3) is 0.182. The van der Waals surface area contributed by atoms with E-state index in [0.29, 0.717) is 16.4 Å². The van der Waals surface area contributed by atoms with Gasteiger partial charge < -0.3 is 14.8 Å². The third kappa shape index (κ3) is 3.22. The van der Waals surface area contributed by atoms with Gasteiger partial charge in [-0.1, -0.05) is 0 Å². The molecule has 10 heteroatoms. The molecule has 0 amide bonds. The fourth-order valence-electron chi connectivity index (χ4n) is 1.72. The molecular formula is C11H9BBrF3N2O3. The van der Waals surface area contributed by atoms with E-state index >= 15 is 0 Å². The number of hydrogen-bond donors (Lipinski definition) is 2. The summed E-state index contributed by atoms with van der Waals surface area (Å²) in [7, 11) is -0.496. The molecule has 0 fully saturated rings. The maximum atomic E-state index is 12.6. The Morgan fingerprint density at radius 2 is 2.00 bits per heavy atom. The fourth-order valence-corrected chi connectivity index (χ4v) is 2.24.